The van der Waals surface area contributed by atoms with E-state index in [2.05, 4.69) is 9.97 Å². The first-order valence-electron chi connectivity index (χ1n) is 5.77. The molecule has 0 saturated heterocycles. The molecule has 0 saturated carbocycles. The zero-order valence-corrected chi connectivity index (χ0v) is 10.1. The second kappa shape index (κ2) is 5.40. The van der Waals surface area contributed by atoms with Gasteiger partial charge >= 0.3 is 5.97 Å². The van der Waals surface area contributed by atoms with Gasteiger partial charge in [0.2, 0.25) is 0 Å². The smallest absolute Gasteiger partial charge is 0.306 e. The molecule has 0 fully saturated rings. The molecule has 92 valence electrons. The van der Waals surface area contributed by atoms with Crippen LogP contribution in [0.4, 0.5) is 0 Å². The van der Waals surface area contributed by atoms with E-state index in [0.717, 1.165) is 11.3 Å². The van der Waals surface area contributed by atoms with Crippen LogP contribution in [0, 0.1) is 5.92 Å². The van der Waals surface area contributed by atoms with Crippen LogP contribution in [0.2, 0.25) is 0 Å². The Balaban J connectivity index is 2.23. The van der Waals surface area contributed by atoms with Crippen molar-refractivity contribution in [2.24, 2.45) is 5.92 Å². The van der Waals surface area contributed by atoms with Crippen molar-refractivity contribution in [2.45, 2.75) is 13.3 Å². The normalized spacial score (nSPS) is 12.1. The first kappa shape index (κ1) is 12.2. The highest BCUT2D eigenvalue weighted by atomic mass is 16.4. The summed E-state index contributed by atoms with van der Waals surface area (Å²) in [5.41, 5.74) is 1.82. The Kier molecular flexibility index (Phi) is 3.67. The van der Waals surface area contributed by atoms with Crippen LogP contribution in [0.3, 0.4) is 0 Å². The molecule has 2 aromatic rings. The lowest BCUT2D eigenvalue weighted by molar-refractivity contribution is -0.141. The highest BCUT2D eigenvalue weighted by Gasteiger charge is 2.13. The van der Waals surface area contributed by atoms with Crippen LogP contribution in [-0.4, -0.2) is 21.0 Å². The number of rotatable bonds is 4. The molecule has 0 aliphatic heterocycles. The Hall–Kier alpha value is -2.23. The highest BCUT2D eigenvalue weighted by Crippen LogP contribution is 2.16. The van der Waals surface area contributed by atoms with E-state index in [9.17, 15) is 4.79 Å². The molecular weight excluding hydrogens is 228 g/mol. The quantitative estimate of drug-likeness (QED) is 0.894. The molecule has 4 nitrogen and oxygen atoms in total. The van der Waals surface area contributed by atoms with E-state index < -0.39 is 11.9 Å². The van der Waals surface area contributed by atoms with Gasteiger partial charge in [-0.15, -0.1) is 0 Å². The fourth-order valence-corrected chi connectivity index (χ4v) is 1.63. The molecule has 1 unspecified atom stereocenters. The number of nitrogens with zero attached hydrogens (tertiary/aromatic N) is 2. The van der Waals surface area contributed by atoms with E-state index in [1.165, 1.54) is 0 Å². The van der Waals surface area contributed by atoms with Gasteiger partial charge in [0.15, 0.2) is 0 Å². The van der Waals surface area contributed by atoms with Gasteiger partial charge in [-0.3, -0.25) is 4.79 Å². The standard InChI is InChI=1S/C14H14N2O2/c1-10(14(17)18)9-13-15-8-7-12(16-13)11-5-3-2-4-6-11/h2-8,10H,9H2,1H3,(H,17,18). The third kappa shape index (κ3) is 2.91. The third-order valence-corrected chi connectivity index (χ3v) is 2.69. The third-order valence-electron chi connectivity index (χ3n) is 2.69. The molecule has 4 heteroatoms. The Labute approximate surface area is 105 Å². The van der Waals surface area contributed by atoms with Crippen molar-refractivity contribution in [1.82, 2.24) is 9.97 Å². The number of carbonyl (C=O) groups is 1. The Morgan fingerprint density at radius 3 is 2.67 bits per heavy atom. The zero-order valence-electron chi connectivity index (χ0n) is 10.1. The van der Waals surface area contributed by atoms with Crippen LogP contribution in [0.15, 0.2) is 42.6 Å². The van der Waals surface area contributed by atoms with Crippen molar-refractivity contribution < 1.29 is 9.90 Å². The minimum atomic E-state index is -0.830. The number of carboxylic acids is 1. The van der Waals surface area contributed by atoms with Crippen molar-refractivity contribution >= 4 is 5.97 Å². The van der Waals surface area contributed by atoms with Crippen LogP contribution in [-0.2, 0) is 11.2 Å². The van der Waals surface area contributed by atoms with Gasteiger partial charge in [-0.05, 0) is 6.07 Å². The molecule has 1 atom stereocenters. The van der Waals surface area contributed by atoms with Crippen molar-refractivity contribution in [3.05, 3.63) is 48.4 Å². The van der Waals surface area contributed by atoms with Gasteiger partial charge in [-0.25, -0.2) is 9.97 Å². The van der Waals surface area contributed by atoms with Crippen LogP contribution in [0.1, 0.15) is 12.7 Å². The summed E-state index contributed by atoms with van der Waals surface area (Å²) in [7, 11) is 0. The molecule has 0 spiro atoms. The fraction of sp³-hybridized carbons (Fsp3) is 0.214. The molecule has 0 radical (unpaired) electrons. The van der Waals surface area contributed by atoms with E-state index in [0.29, 0.717) is 12.2 Å². The molecule has 1 aromatic heterocycles. The second-order valence-electron chi connectivity index (χ2n) is 4.17. The Morgan fingerprint density at radius 1 is 1.28 bits per heavy atom. The molecule has 18 heavy (non-hydrogen) atoms. The molecule has 0 bridgehead atoms. The molecular formula is C14H14N2O2. The lowest BCUT2D eigenvalue weighted by Gasteiger charge is -2.06. The highest BCUT2D eigenvalue weighted by molar-refractivity contribution is 5.69. The molecule has 0 aliphatic rings. The Morgan fingerprint density at radius 2 is 2.00 bits per heavy atom. The summed E-state index contributed by atoms with van der Waals surface area (Å²) in [4.78, 5) is 19.3. The van der Waals surface area contributed by atoms with Gasteiger partial charge in [0.1, 0.15) is 5.82 Å². The SMILES string of the molecule is CC(Cc1nccc(-c2ccccc2)n1)C(=O)O. The summed E-state index contributed by atoms with van der Waals surface area (Å²) in [6.07, 6.45) is 2.01. The maximum Gasteiger partial charge on any atom is 0.306 e. The van der Waals surface area contributed by atoms with Crippen molar-refractivity contribution in [3.63, 3.8) is 0 Å². The van der Waals surface area contributed by atoms with Crippen LogP contribution >= 0.6 is 0 Å². The van der Waals surface area contributed by atoms with E-state index in [1.54, 1.807) is 13.1 Å². The first-order valence-corrected chi connectivity index (χ1v) is 5.77. The van der Waals surface area contributed by atoms with Crippen molar-refractivity contribution in [1.29, 1.82) is 0 Å². The number of benzene rings is 1. The monoisotopic (exact) mass is 242 g/mol. The van der Waals surface area contributed by atoms with Crippen LogP contribution in [0.25, 0.3) is 11.3 Å². The molecule has 0 aliphatic carbocycles. The summed E-state index contributed by atoms with van der Waals surface area (Å²) >= 11 is 0. The maximum absolute atomic E-state index is 10.8. The summed E-state index contributed by atoms with van der Waals surface area (Å²) in [6.45, 7) is 1.65. The topological polar surface area (TPSA) is 63.1 Å². The van der Waals surface area contributed by atoms with Gasteiger partial charge in [0.25, 0.3) is 0 Å². The summed E-state index contributed by atoms with van der Waals surface area (Å²) < 4.78 is 0. The Bertz CT molecular complexity index is 541. The van der Waals surface area contributed by atoms with Crippen molar-refractivity contribution in [2.75, 3.05) is 0 Å². The molecule has 1 heterocycles. The van der Waals surface area contributed by atoms with E-state index in [-0.39, 0.29) is 0 Å². The molecule has 1 N–H and O–H groups in total. The van der Waals surface area contributed by atoms with Crippen LogP contribution in [0.5, 0.6) is 0 Å². The first-order chi connectivity index (χ1) is 8.66. The van der Waals surface area contributed by atoms with Gasteiger partial charge in [-0.2, -0.15) is 0 Å². The summed E-state index contributed by atoms with van der Waals surface area (Å²) in [6, 6.07) is 11.6. The van der Waals surface area contributed by atoms with Gasteiger partial charge < -0.3 is 5.11 Å². The fourth-order valence-electron chi connectivity index (χ4n) is 1.63. The molecule has 2 rings (SSSR count). The van der Waals surface area contributed by atoms with Crippen molar-refractivity contribution in [3.8, 4) is 11.3 Å². The van der Waals surface area contributed by atoms with Gasteiger partial charge in [0, 0.05) is 18.2 Å². The van der Waals surface area contributed by atoms with E-state index in [4.69, 9.17) is 5.11 Å². The predicted molar refractivity (Wildman–Crippen MR) is 68.0 cm³/mol. The second-order valence-corrected chi connectivity index (χ2v) is 4.17. The molecule has 0 amide bonds. The average Bonchev–Trinajstić information content (AvgIpc) is 2.40. The number of aliphatic carboxylic acids is 1. The van der Waals surface area contributed by atoms with Crippen LogP contribution < -0.4 is 0 Å². The zero-order chi connectivity index (χ0) is 13.0. The minimum absolute atomic E-state index is 0.343. The predicted octanol–water partition coefficient (Wildman–Crippen LogP) is 2.41. The number of aromatic nitrogens is 2. The summed E-state index contributed by atoms with van der Waals surface area (Å²) in [5.74, 6) is -0.744. The average molecular weight is 242 g/mol. The lowest BCUT2D eigenvalue weighted by atomic mass is 10.1. The molecule has 1 aromatic carbocycles. The summed E-state index contributed by atoms with van der Waals surface area (Å²) in [5, 5.41) is 8.87. The lowest BCUT2D eigenvalue weighted by Crippen LogP contribution is -2.14. The number of hydrogen-bond donors (Lipinski definition) is 1. The van der Waals surface area contributed by atoms with E-state index in [1.807, 2.05) is 36.4 Å². The van der Waals surface area contributed by atoms with E-state index >= 15 is 0 Å². The van der Waals surface area contributed by atoms with Gasteiger partial charge in [0.05, 0.1) is 11.6 Å². The number of hydrogen-bond acceptors (Lipinski definition) is 3. The maximum atomic E-state index is 10.8. The number of carboxylic acid groups (broad SMARTS) is 1. The van der Waals surface area contributed by atoms with Gasteiger partial charge in [-0.1, -0.05) is 37.3 Å². The minimum Gasteiger partial charge on any atom is -0.481 e. The largest absolute Gasteiger partial charge is 0.481 e.